The van der Waals surface area contributed by atoms with E-state index in [1.165, 1.54) is 5.01 Å². The summed E-state index contributed by atoms with van der Waals surface area (Å²) in [6, 6.07) is 7.48. The van der Waals surface area contributed by atoms with E-state index >= 15 is 0 Å². The summed E-state index contributed by atoms with van der Waals surface area (Å²) in [6.07, 6.45) is 4.12. The third-order valence-corrected chi connectivity index (χ3v) is 6.59. The topological polar surface area (TPSA) is 140 Å². The van der Waals surface area contributed by atoms with Gasteiger partial charge in [-0.3, -0.25) is 0 Å². The van der Waals surface area contributed by atoms with Crippen LogP contribution in [0.15, 0.2) is 29.5 Å². The van der Waals surface area contributed by atoms with Crippen LogP contribution in [0, 0.1) is 18.3 Å². The van der Waals surface area contributed by atoms with E-state index in [-0.39, 0.29) is 18.7 Å². The van der Waals surface area contributed by atoms with Crippen LogP contribution in [0.2, 0.25) is 0 Å². The van der Waals surface area contributed by atoms with Crippen molar-refractivity contribution < 1.29 is 9.90 Å². The van der Waals surface area contributed by atoms with Gasteiger partial charge in [-0.15, -0.1) is 0 Å². The number of hydrazone groups is 1. The zero-order chi connectivity index (χ0) is 26.1. The third kappa shape index (κ3) is 4.75. The first-order valence-corrected chi connectivity index (χ1v) is 12.1. The number of anilines is 1. The molecule has 1 fully saturated rings. The number of aryl methyl sites for hydroxylation is 2. The van der Waals surface area contributed by atoms with Gasteiger partial charge in [0.1, 0.15) is 20.1 Å². The number of rotatable bonds is 4. The average Bonchev–Trinajstić information content (AvgIpc) is 3.55. The summed E-state index contributed by atoms with van der Waals surface area (Å²) in [4.78, 5) is 30.9. The van der Waals surface area contributed by atoms with Crippen LogP contribution in [0.1, 0.15) is 35.0 Å². The number of aromatic nitrogens is 5. The molecular formula is C24H27BN10O2. The zero-order valence-electron chi connectivity index (χ0n) is 21.0. The van der Waals surface area contributed by atoms with Gasteiger partial charge in [0.2, 0.25) is 5.95 Å². The van der Waals surface area contributed by atoms with Gasteiger partial charge in [0.05, 0.1) is 17.7 Å². The van der Waals surface area contributed by atoms with E-state index in [4.69, 9.17) is 4.98 Å². The SMILES string of the molecule is Bc1cc(C#N)cc(C2CC=NN2C(=O)N2CCN(c3ncc(C)c(-c4nc(CO)nn4C)n3)CC2)c1. The molecule has 13 heteroatoms. The Balaban J connectivity index is 1.28. The Morgan fingerprint density at radius 1 is 1.22 bits per heavy atom. The zero-order valence-corrected chi connectivity index (χ0v) is 21.0. The van der Waals surface area contributed by atoms with Crippen LogP contribution < -0.4 is 10.4 Å². The highest BCUT2D eigenvalue weighted by atomic mass is 16.3. The molecular weight excluding hydrogens is 471 g/mol. The number of benzene rings is 1. The summed E-state index contributed by atoms with van der Waals surface area (Å²) in [6.45, 7) is 3.80. The van der Waals surface area contributed by atoms with Gasteiger partial charge in [-0.25, -0.2) is 29.4 Å². The molecule has 2 aromatic heterocycles. The van der Waals surface area contributed by atoms with Crippen molar-refractivity contribution in [1.82, 2.24) is 34.6 Å². The number of aliphatic hydroxyl groups excluding tert-OH is 1. The van der Waals surface area contributed by atoms with Crippen molar-refractivity contribution in [2.75, 3.05) is 31.1 Å². The summed E-state index contributed by atoms with van der Waals surface area (Å²) in [5, 5.41) is 28.8. The van der Waals surface area contributed by atoms with E-state index in [9.17, 15) is 15.2 Å². The Hall–Kier alpha value is -4.31. The molecule has 0 saturated carbocycles. The first-order valence-electron chi connectivity index (χ1n) is 12.1. The molecule has 0 spiro atoms. The molecule has 1 unspecified atom stereocenters. The molecule has 188 valence electrons. The largest absolute Gasteiger partial charge is 0.388 e. The summed E-state index contributed by atoms with van der Waals surface area (Å²) >= 11 is 0. The van der Waals surface area contributed by atoms with Gasteiger partial charge in [-0.05, 0) is 24.1 Å². The molecule has 12 nitrogen and oxygen atoms in total. The number of carbonyl (C=O) groups is 1. The molecule has 5 rings (SSSR count). The molecule has 0 aliphatic carbocycles. The number of hydrogen-bond acceptors (Lipinski definition) is 9. The maximum absolute atomic E-state index is 13.4. The van der Waals surface area contributed by atoms with Crippen LogP contribution in [-0.4, -0.2) is 86.0 Å². The molecule has 2 aliphatic heterocycles. The lowest BCUT2D eigenvalue weighted by atomic mass is 9.89. The van der Waals surface area contributed by atoms with E-state index in [0.29, 0.717) is 61.5 Å². The molecule has 0 bridgehead atoms. The molecule has 1 saturated heterocycles. The molecule has 2 aliphatic rings. The predicted molar refractivity (Wildman–Crippen MR) is 139 cm³/mol. The quantitative estimate of drug-likeness (QED) is 0.491. The van der Waals surface area contributed by atoms with Crippen molar-refractivity contribution in [2.24, 2.45) is 12.1 Å². The van der Waals surface area contributed by atoms with Gasteiger partial charge < -0.3 is 14.9 Å². The van der Waals surface area contributed by atoms with Crippen LogP contribution in [0.5, 0.6) is 0 Å². The van der Waals surface area contributed by atoms with E-state index < -0.39 is 0 Å². The lowest BCUT2D eigenvalue weighted by molar-refractivity contribution is 0.139. The number of aliphatic hydroxyl groups is 1. The molecule has 0 radical (unpaired) electrons. The molecule has 2 amide bonds. The minimum absolute atomic E-state index is 0.153. The Morgan fingerprint density at radius 2 is 2.00 bits per heavy atom. The first kappa shape index (κ1) is 24.4. The van der Waals surface area contributed by atoms with E-state index in [0.717, 1.165) is 16.6 Å². The summed E-state index contributed by atoms with van der Waals surface area (Å²) in [5.74, 6) is 1.45. The van der Waals surface area contributed by atoms with Crippen LogP contribution in [0.3, 0.4) is 0 Å². The van der Waals surface area contributed by atoms with E-state index in [2.05, 4.69) is 26.2 Å². The molecule has 1 aromatic carbocycles. The fraction of sp³-hybridized carbons (Fsp3) is 0.375. The maximum Gasteiger partial charge on any atom is 0.341 e. The Kier molecular flexibility index (Phi) is 6.58. The molecule has 1 atom stereocenters. The van der Waals surface area contributed by atoms with Gasteiger partial charge in [0.25, 0.3) is 0 Å². The average molecular weight is 498 g/mol. The van der Waals surface area contributed by atoms with Gasteiger partial charge in [0.15, 0.2) is 11.6 Å². The van der Waals surface area contributed by atoms with Gasteiger partial charge in [0, 0.05) is 52.1 Å². The van der Waals surface area contributed by atoms with Crippen molar-refractivity contribution in [3.63, 3.8) is 0 Å². The highest BCUT2D eigenvalue weighted by Gasteiger charge is 2.33. The Morgan fingerprint density at radius 3 is 2.70 bits per heavy atom. The number of nitrogens with zero attached hydrogens (tertiary/aromatic N) is 10. The Labute approximate surface area is 215 Å². The number of piperazine rings is 1. The van der Waals surface area contributed by atoms with Crippen LogP contribution in [0.4, 0.5) is 10.7 Å². The second kappa shape index (κ2) is 9.98. The van der Waals surface area contributed by atoms with Gasteiger partial charge in [-0.1, -0.05) is 17.6 Å². The van der Waals surface area contributed by atoms with Gasteiger partial charge >= 0.3 is 6.03 Å². The van der Waals surface area contributed by atoms with Crippen molar-refractivity contribution in [3.05, 3.63) is 46.9 Å². The number of carbonyl (C=O) groups excluding carboxylic acids is 1. The van der Waals surface area contributed by atoms with Crippen LogP contribution >= 0.6 is 0 Å². The lowest BCUT2D eigenvalue weighted by Gasteiger charge is -2.37. The summed E-state index contributed by atoms with van der Waals surface area (Å²) < 4.78 is 1.60. The third-order valence-electron chi connectivity index (χ3n) is 6.59. The highest BCUT2D eigenvalue weighted by molar-refractivity contribution is 6.32. The standard InChI is InChI=1S/C24H27BN10O2/c1-15-13-27-23(30-21(15)22-29-20(14-36)31-32(22)2)33-5-7-34(8-6-33)24(37)35-19(3-4-28-35)17-9-16(12-26)10-18(25)11-17/h4,9-11,13,19,36H,3,5-8,14,25H2,1-2H3. The number of urea groups is 1. The first-order chi connectivity index (χ1) is 17.9. The predicted octanol–water partition coefficient (Wildman–Crippen LogP) is -0.122. The number of nitriles is 1. The monoisotopic (exact) mass is 498 g/mol. The summed E-state index contributed by atoms with van der Waals surface area (Å²) in [5.41, 5.74) is 3.98. The highest BCUT2D eigenvalue weighted by Crippen LogP contribution is 2.30. The second-order valence-electron chi connectivity index (χ2n) is 9.23. The summed E-state index contributed by atoms with van der Waals surface area (Å²) in [7, 11) is 3.71. The van der Waals surface area contributed by atoms with E-state index in [1.54, 1.807) is 29.0 Å². The maximum atomic E-state index is 13.4. The molecule has 37 heavy (non-hydrogen) atoms. The number of amides is 2. The normalized spacial score (nSPS) is 17.4. The Bertz CT molecular complexity index is 1410. The van der Waals surface area contributed by atoms with Crippen molar-refractivity contribution in [1.29, 1.82) is 5.26 Å². The van der Waals surface area contributed by atoms with E-state index in [1.807, 2.05) is 37.9 Å². The van der Waals surface area contributed by atoms with Crippen LogP contribution in [0.25, 0.3) is 11.5 Å². The number of hydrogen-bond donors (Lipinski definition) is 1. The van der Waals surface area contributed by atoms with Gasteiger partial charge in [-0.2, -0.15) is 15.5 Å². The minimum atomic E-state index is -0.244. The second-order valence-corrected chi connectivity index (χ2v) is 9.23. The van der Waals surface area contributed by atoms with Crippen molar-refractivity contribution in [3.8, 4) is 17.6 Å². The smallest absolute Gasteiger partial charge is 0.341 e. The minimum Gasteiger partial charge on any atom is -0.388 e. The van der Waals surface area contributed by atoms with Crippen LogP contribution in [-0.2, 0) is 13.7 Å². The molecule has 1 N–H and O–H groups in total. The molecule has 3 aromatic rings. The fourth-order valence-electron chi connectivity index (χ4n) is 4.71. The lowest BCUT2D eigenvalue weighted by Crippen LogP contribution is -2.52. The van der Waals surface area contributed by atoms with Crippen molar-refractivity contribution >= 4 is 31.5 Å². The van der Waals surface area contributed by atoms with Crippen molar-refractivity contribution in [2.45, 2.75) is 26.0 Å². The fourth-order valence-corrected chi connectivity index (χ4v) is 4.71. The molecule has 4 heterocycles.